The SMILES string of the molecule is CCCCNc1nc(N)ncc1CCCCc1ccccc1Br. The van der Waals surface area contributed by atoms with Crippen molar-refractivity contribution < 1.29 is 0 Å². The number of nitrogens with two attached hydrogens (primary N) is 1. The Morgan fingerprint density at radius 3 is 2.57 bits per heavy atom. The van der Waals surface area contributed by atoms with Crippen molar-refractivity contribution in [3.05, 3.63) is 46.1 Å². The number of unbranched alkanes of at least 4 members (excludes halogenated alkanes) is 2. The van der Waals surface area contributed by atoms with Gasteiger partial charge in [-0.1, -0.05) is 47.5 Å². The summed E-state index contributed by atoms with van der Waals surface area (Å²) in [6, 6.07) is 8.41. The number of hydrogen-bond acceptors (Lipinski definition) is 4. The number of hydrogen-bond donors (Lipinski definition) is 2. The summed E-state index contributed by atoms with van der Waals surface area (Å²) in [7, 11) is 0. The molecule has 23 heavy (non-hydrogen) atoms. The number of aromatic nitrogens is 2. The second-order valence-electron chi connectivity index (χ2n) is 5.68. The first-order valence-electron chi connectivity index (χ1n) is 8.29. The van der Waals surface area contributed by atoms with Gasteiger partial charge < -0.3 is 11.1 Å². The van der Waals surface area contributed by atoms with Crippen LogP contribution in [0.2, 0.25) is 0 Å². The Morgan fingerprint density at radius 1 is 1.09 bits per heavy atom. The van der Waals surface area contributed by atoms with Gasteiger partial charge in [-0.2, -0.15) is 4.98 Å². The average molecular weight is 377 g/mol. The van der Waals surface area contributed by atoms with Gasteiger partial charge in [-0.3, -0.25) is 0 Å². The quantitative estimate of drug-likeness (QED) is 0.627. The summed E-state index contributed by atoms with van der Waals surface area (Å²) < 4.78 is 1.19. The minimum absolute atomic E-state index is 0.334. The third-order valence-electron chi connectivity index (χ3n) is 3.81. The van der Waals surface area contributed by atoms with Crippen molar-refractivity contribution in [3.63, 3.8) is 0 Å². The molecule has 4 nitrogen and oxygen atoms in total. The molecule has 0 aliphatic heterocycles. The van der Waals surface area contributed by atoms with E-state index in [2.05, 4.69) is 56.3 Å². The first kappa shape index (κ1) is 17.7. The topological polar surface area (TPSA) is 63.8 Å². The van der Waals surface area contributed by atoms with Crippen LogP contribution in [0.1, 0.15) is 43.7 Å². The van der Waals surface area contributed by atoms with E-state index in [-0.39, 0.29) is 0 Å². The van der Waals surface area contributed by atoms with Gasteiger partial charge in [0.05, 0.1) is 0 Å². The lowest BCUT2D eigenvalue weighted by molar-refractivity contribution is 0.728. The van der Waals surface area contributed by atoms with E-state index in [4.69, 9.17) is 5.73 Å². The van der Waals surface area contributed by atoms with E-state index in [1.807, 2.05) is 12.3 Å². The minimum Gasteiger partial charge on any atom is -0.370 e. The summed E-state index contributed by atoms with van der Waals surface area (Å²) in [6.07, 6.45) is 8.45. The molecule has 0 saturated carbocycles. The van der Waals surface area contributed by atoms with Crippen LogP contribution < -0.4 is 11.1 Å². The first-order valence-corrected chi connectivity index (χ1v) is 9.08. The van der Waals surface area contributed by atoms with E-state index < -0.39 is 0 Å². The van der Waals surface area contributed by atoms with Crippen LogP contribution in [0.5, 0.6) is 0 Å². The van der Waals surface area contributed by atoms with Crippen molar-refractivity contribution >= 4 is 27.7 Å². The lowest BCUT2D eigenvalue weighted by Gasteiger charge is -2.11. The zero-order valence-corrected chi connectivity index (χ0v) is 15.3. The molecule has 0 aliphatic rings. The molecule has 0 atom stereocenters. The lowest BCUT2D eigenvalue weighted by atomic mass is 10.0. The summed E-state index contributed by atoms with van der Waals surface area (Å²) in [5.41, 5.74) is 8.23. The van der Waals surface area contributed by atoms with Gasteiger partial charge >= 0.3 is 0 Å². The van der Waals surface area contributed by atoms with E-state index >= 15 is 0 Å². The number of rotatable bonds is 9. The largest absolute Gasteiger partial charge is 0.370 e. The number of aryl methyl sites for hydroxylation is 2. The zero-order chi connectivity index (χ0) is 16.5. The smallest absolute Gasteiger partial charge is 0.221 e. The highest BCUT2D eigenvalue weighted by molar-refractivity contribution is 9.10. The number of benzene rings is 1. The van der Waals surface area contributed by atoms with Crippen molar-refractivity contribution in [2.75, 3.05) is 17.6 Å². The maximum absolute atomic E-state index is 5.71. The Morgan fingerprint density at radius 2 is 1.83 bits per heavy atom. The molecule has 0 bridgehead atoms. The maximum Gasteiger partial charge on any atom is 0.221 e. The van der Waals surface area contributed by atoms with Crippen molar-refractivity contribution in [2.45, 2.75) is 45.4 Å². The molecule has 0 saturated heterocycles. The zero-order valence-electron chi connectivity index (χ0n) is 13.7. The van der Waals surface area contributed by atoms with Crippen LogP contribution in [0.3, 0.4) is 0 Å². The highest BCUT2D eigenvalue weighted by Crippen LogP contribution is 2.20. The first-order chi connectivity index (χ1) is 11.2. The molecule has 0 unspecified atom stereocenters. The van der Waals surface area contributed by atoms with Crippen LogP contribution in [-0.2, 0) is 12.8 Å². The fraction of sp³-hybridized carbons (Fsp3) is 0.444. The molecule has 0 aliphatic carbocycles. The van der Waals surface area contributed by atoms with Gasteiger partial charge in [-0.15, -0.1) is 0 Å². The predicted octanol–water partition coefficient (Wildman–Crippen LogP) is 4.60. The van der Waals surface area contributed by atoms with Crippen LogP contribution >= 0.6 is 15.9 Å². The second kappa shape index (κ2) is 9.50. The summed E-state index contributed by atoms with van der Waals surface area (Å²) in [6.45, 7) is 3.11. The van der Waals surface area contributed by atoms with Crippen LogP contribution in [0.15, 0.2) is 34.9 Å². The Hall–Kier alpha value is -1.62. The lowest BCUT2D eigenvalue weighted by Crippen LogP contribution is -2.09. The molecule has 1 aromatic heterocycles. The van der Waals surface area contributed by atoms with Gasteiger partial charge in [0.15, 0.2) is 0 Å². The van der Waals surface area contributed by atoms with Gasteiger partial charge in [0, 0.05) is 22.8 Å². The fourth-order valence-electron chi connectivity index (χ4n) is 2.47. The third-order valence-corrected chi connectivity index (χ3v) is 4.58. The summed E-state index contributed by atoms with van der Waals surface area (Å²) in [5, 5.41) is 3.38. The molecule has 0 spiro atoms. The van der Waals surface area contributed by atoms with E-state index in [0.29, 0.717) is 5.95 Å². The molecule has 0 radical (unpaired) electrons. The number of nitrogen functional groups attached to an aromatic ring is 1. The van der Waals surface area contributed by atoms with Crippen LogP contribution in [-0.4, -0.2) is 16.5 Å². The molecule has 1 aromatic carbocycles. The van der Waals surface area contributed by atoms with E-state index in [0.717, 1.165) is 56.5 Å². The van der Waals surface area contributed by atoms with E-state index in [1.54, 1.807) is 0 Å². The van der Waals surface area contributed by atoms with Crippen LogP contribution in [0, 0.1) is 0 Å². The van der Waals surface area contributed by atoms with Crippen LogP contribution in [0.25, 0.3) is 0 Å². The summed E-state index contributed by atoms with van der Waals surface area (Å²) in [4.78, 5) is 8.48. The summed E-state index contributed by atoms with van der Waals surface area (Å²) >= 11 is 3.60. The molecule has 0 fully saturated rings. The Balaban J connectivity index is 1.86. The van der Waals surface area contributed by atoms with E-state index in [1.165, 1.54) is 10.0 Å². The second-order valence-corrected chi connectivity index (χ2v) is 6.54. The fourth-order valence-corrected chi connectivity index (χ4v) is 2.96. The van der Waals surface area contributed by atoms with Gasteiger partial charge in [0.2, 0.25) is 5.95 Å². The Labute approximate surface area is 147 Å². The molecule has 3 N–H and O–H groups in total. The van der Waals surface area contributed by atoms with Gasteiger partial charge in [0.25, 0.3) is 0 Å². The number of nitrogens with one attached hydrogen (secondary N) is 1. The maximum atomic E-state index is 5.71. The number of nitrogens with zero attached hydrogens (tertiary/aromatic N) is 2. The molecular weight excluding hydrogens is 352 g/mol. The monoisotopic (exact) mass is 376 g/mol. The molecule has 1 heterocycles. The van der Waals surface area contributed by atoms with Crippen molar-refractivity contribution in [2.24, 2.45) is 0 Å². The van der Waals surface area contributed by atoms with Gasteiger partial charge in [-0.25, -0.2) is 4.98 Å². The third kappa shape index (κ3) is 5.82. The average Bonchev–Trinajstić information content (AvgIpc) is 2.55. The molecule has 5 heteroatoms. The highest BCUT2D eigenvalue weighted by atomic mass is 79.9. The number of anilines is 2. The molecular formula is C18H25BrN4. The Kier molecular flexibility index (Phi) is 7.33. The highest BCUT2D eigenvalue weighted by Gasteiger charge is 2.06. The minimum atomic E-state index is 0.334. The molecule has 2 rings (SSSR count). The molecule has 124 valence electrons. The van der Waals surface area contributed by atoms with Crippen LogP contribution in [0.4, 0.5) is 11.8 Å². The van der Waals surface area contributed by atoms with E-state index in [9.17, 15) is 0 Å². The normalized spacial score (nSPS) is 10.7. The Bertz CT molecular complexity index is 616. The van der Waals surface area contributed by atoms with Crippen molar-refractivity contribution in [3.8, 4) is 0 Å². The summed E-state index contributed by atoms with van der Waals surface area (Å²) in [5.74, 6) is 1.23. The predicted molar refractivity (Wildman–Crippen MR) is 101 cm³/mol. The van der Waals surface area contributed by atoms with Gasteiger partial charge in [-0.05, 0) is 43.7 Å². The standard InChI is InChI=1S/C18H25BrN4/c1-2-3-12-21-17-15(13-22-18(20)23-17)10-5-4-8-14-9-6-7-11-16(14)19/h6-7,9,11,13H,2-5,8,10,12H2,1H3,(H3,20,21,22,23). The van der Waals surface area contributed by atoms with Crippen molar-refractivity contribution in [1.82, 2.24) is 9.97 Å². The number of halogens is 1. The van der Waals surface area contributed by atoms with Crippen molar-refractivity contribution in [1.29, 1.82) is 0 Å². The molecule has 0 amide bonds. The molecule has 2 aromatic rings. The van der Waals surface area contributed by atoms with Gasteiger partial charge in [0.1, 0.15) is 5.82 Å².